The Morgan fingerprint density at radius 1 is 0.533 bits per heavy atom. The van der Waals surface area contributed by atoms with E-state index >= 15 is 0 Å². The molecule has 0 aliphatic rings. The van der Waals surface area contributed by atoms with Crippen molar-refractivity contribution in [2.75, 3.05) is 4.90 Å². The number of hydrogen-bond donors (Lipinski definition) is 0. The van der Waals surface area contributed by atoms with Gasteiger partial charge in [0.15, 0.2) is 5.78 Å². The smallest absolute Gasteiger partial charge is 0.259 e. The van der Waals surface area contributed by atoms with Crippen molar-refractivity contribution >= 4 is 17.4 Å². The van der Waals surface area contributed by atoms with Crippen molar-refractivity contribution in [1.82, 2.24) is 0 Å². The number of carbonyl (C=O) groups is 2. The van der Waals surface area contributed by atoms with Gasteiger partial charge in [0.25, 0.3) is 5.91 Å². The maximum atomic E-state index is 13.7. The van der Waals surface area contributed by atoms with Gasteiger partial charge in [-0.1, -0.05) is 97.1 Å². The van der Waals surface area contributed by atoms with Gasteiger partial charge in [-0.25, -0.2) is 0 Å². The molecule has 0 spiro atoms. The minimum Gasteiger partial charge on any atom is -0.293 e. The van der Waals surface area contributed by atoms with E-state index in [1.165, 1.54) is 0 Å². The lowest BCUT2D eigenvalue weighted by Crippen LogP contribution is -2.39. The summed E-state index contributed by atoms with van der Waals surface area (Å²) in [5.74, 6) is -0.352. The van der Waals surface area contributed by atoms with Crippen LogP contribution in [-0.2, 0) is 0 Å². The summed E-state index contributed by atoms with van der Waals surface area (Å²) in [5.41, 5.74) is 2.53. The fraction of sp³-hybridized carbons (Fsp3) is 0.0370. The first kappa shape index (κ1) is 19.3. The molecule has 4 aromatic rings. The Balaban J connectivity index is 1.89. The van der Waals surface area contributed by atoms with Gasteiger partial charge in [0.2, 0.25) is 0 Å². The molecule has 0 aliphatic heterocycles. The molecule has 1 atom stereocenters. The zero-order chi connectivity index (χ0) is 20.8. The van der Waals surface area contributed by atoms with Gasteiger partial charge in [-0.3, -0.25) is 14.5 Å². The van der Waals surface area contributed by atoms with Gasteiger partial charge >= 0.3 is 0 Å². The number of ketones is 1. The van der Waals surface area contributed by atoms with Crippen molar-refractivity contribution in [3.05, 3.63) is 138 Å². The molecule has 3 heteroatoms. The van der Waals surface area contributed by atoms with Crippen molar-refractivity contribution in [1.29, 1.82) is 0 Å². The Labute approximate surface area is 176 Å². The molecule has 0 saturated carbocycles. The average Bonchev–Trinajstić information content (AvgIpc) is 2.84. The monoisotopic (exact) mass is 391 g/mol. The molecule has 30 heavy (non-hydrogen) atoms. The number of rotatable bonds is 6. The number of hydrogen-bond acceptors (Lipinski definition) is 2. The van der Waals surface area contributed by atoms with Gasteiger partial charge in [-0.2, -0.15) is 0 Å². The van der Waals surface area contributed by atoms with E-state index in [1.54, 1.807) is 29.2 Å². The zero-order valence-electron chi connectivity index (χ0n) is 16.4. The molecule has 0 heterocycles. The quantitative estimate of drug-likeness (QED) is 0.381. The molecule has 0 aliphatic carbocycles. The fourth-order valence-electron chi connectivity index (χ4n) is 3.51. The summed E-state index contributed by atoms with van der Waals surface area (Å²) in [6, 6.07) is 36.2. The second kappa shape index (κ2) is 9.01. The lowest BCUT2D eigenvalue weighted by molar-refractivity contribution is 0.0896. The summed E-state index contributed by atoms with van der Waals surface area (Å²) in [4.78, 5) is 29.0. The van der Waals surface area contributed by atoms with Gasteiger partial charge in [0, 0.05) is 16.8 Å². The van der Waals surface area contributed by atoms with E-state index < -0.39 is 6.04 Å². The van der Waals surface area contributed by atoms with Crippen LogP contribution in [0.5, 0.6) is 0 Å². The van der Waals surface area contributed by atoms with Crippen molar-refractivity contribution < 1.29 is 9.59 Å². The molecule has 4 aromatic carbocycles. The Morgan fingerprint density at radius 2 is 0.967 bits per heavy atom. The van der Waals surface area contributed by atoms with Gasteiger partial charge in [0.05, 0.1) is 0 Å². The summed E-state index contributed by atoms with van der Waals surface area (Å²) < 4.78 is 0. The van der Waals surface area contributed by atoms with Crippen LogP contribution >= 0.6 is 0 Å². The highest BCUT2D eigenvalue weighted by molar-refractivity contribution is 6.13. The van der Waals surface area contributed by atoms with Crippen LogP contribution in [0.3, 0.4) is 0 Å². The highest BCUT2D eigenvalue weighted by Gasteiger charge is 2.33. The standard InChI is InChI=1S/C27H21NO2/c29-26(22-15-7-2-8-16-22)25(21-13-5-1-6-14-21)28(24-19-11-4-12-20-24)27(30)23-17-9-3-10-18-23/h1-20,25H. The molecule has 0 radical (unpaired) electrons. The minimum atomic E-state index is -0.788. The van der Waals surface area contributed by atoms with Crippen LogP contribution in [0.15, 0.2) is 121 Å². The van der Waals surface area contributed by atoms with Crippen LogP contribution in [0.2, 0.25) is 0 Å². The Kier molecular flexibility index (Phi) is 5.81. The molecule has 0 saturated heterocycles. The van der Waals surface area contributed by atoms with E-state index in [1.807, 2.05) is 97.1 Å². The maximum Gasteiger partial charge on any atom is 0.259 e. The summed E-state index contributed by atoms with van der Waals surface area (Å²) >= 11 is 0. The number of anilines is 1. The first-order valence-electron chi connectivity index (χ1n) is 9.83. The summed E-state index contributed by atoms with van der Waals surface area (Å²) in [6.07, 6.45) is 0. The van der Waals surface area contributed by atoms with Gasteiger partial charge in [-0.15, -0.1) is 0 Å². The van der Waals surface area contributed by atoms with E-state index in [2.05, 4.69) is 0 Å². The van der Waals surface area contributed by atoms with Crippen LogP contribution in [0.1, 0.15) is 32.3 Å². The predicted octanol–water partition coefficient (Wildman–Crippen LogP) is 5.96. The third kappa shape index (κ3) is 4.06. The molecule has 0 aromatic heterocycles. The number of amides is 1. The molecule has 0 N–H and O–H groups in total. The van der Waals surface area contributed by atoms with Crippen molar-refractivity contribution in [3.63, 3.8) is 0 Å². The SMILES string of the molecule is O=C(c1ccccc1)C(c1ccccc1)N(C(=O)c1ccccc1)c1ccccc1. The molecular formula is C27H21NO2. The van der Waals surface area contributed by atoms with Gasteiger partial charge in [-0.05, 0) is 29.8 Å². The van der Waals surface area contributed by atoms with E-state index in [0.29, 0.717) is 16.8 Å². The fourth-order valence-corrected chi connectivity index (χ4v) is 3.51. The number of nitrogens with zero attached hydrogens (tertiary/aromatic N) is 1. The molecule has 3 nitrogen and oxygen atoms in total. The van der Waals surface area contributed by atoms with E-state index in [-0.39, 0.29) is 11.7 Å². The second-order valence-electron chi connectivity index (χ2n) is 6.92. The molecule has 0 bridgehead atoms. The Bertz CT molecular complexity index is 1020. The van der Waals surface area contributed by atoms with Crippen LogP contribution < -0.4 is 4.90 Å². The summed E-state index contributed by atoms with van der Waals surface area (Å²) in [5, 5.41) is 0. The maximum absolute atomic E-state index is 13.7. The molecule has 146 valence electrons. The first-order chi connectivity index (χ1) is 14.8. The van der Waals surface area contributed by atoms with Crippen molar-refractivity contribution in [2.24, 2.45) is 0 Å². The normalized spacial score (nSPS) is 11.5. The molecular weight excluding hydrogens is 370 g/mol. The second-order valence-corrected chi connectivity index (χ2v) is 6.92. The number of Topliss-reactive ketones (excluding diaryl/α,β-unsaturated/α-hetero) is 1. The lowest BCUT2D eigenvalue weighted by atomic mass is 9.94. The molecule has 1 amide bonds. The van der Waals surface area contributed by atoms with Crippen molar-refractivity contribution in [2.45, 2.75) is 6.04 Å². The van der Waals surface area contributed by atoms with E-state index in [4.69, 9.17) is 0 Å². The van der Waals surface area contributed by atoms with E-state index in [0.717, 1.165) is 5.56 Å². The first-order valence-corrected chi connectivity index (χ1v) is 9.83. The highest BCUT2D eigenvalue weighted by atomic mass is 16.2. The Morgan fingerprint density at radius 3 is 1.50 bits per heavy atom. The summed E-state index contributed by atoms with van der Waals surface area (Å²) in [7, 11) is 0. The number of carbonyl (C=O) groups excluding carboxylic acids is 2. The van der Waals surface area contributed by atoms with E-state index in [9.17, 15) is 9.59 Å². The van der Waals surface area contributed by atoms with Crippen LogP contribution in [0.25, 0.3) is 0 Å². The van der Waals surface area contributed by atoms with Gasteiger partial charge < -0.3 is 0 Å². The highest BCUT2D eigenvalue weighted by Crippen LogP contribution is 2.32. The van der Waals surface area contributed by atoms with Crippen LogP contribution in [0.4, 0.5) is 5.69 Å². The Hall–Kier alpha value is -3.98. The van der Waals surface area contributed by atoms with Gasteiger partial charge in [0.1, 0.15) is 6.04 Å². The third-order valence-electron chi connectivity index (χ3n) is 4.95. The third-order valence-corrected chi connectivity index (χ3v) is 4.95. The predicted molar refractivity (Wildman–Crippen MR) is 120 cm³/mol. The largest absolute Gasteiger partial charge is 0.293 e. The average molecular weight is 391 g/mol. The van der Waals surface area contributed by atoms with Crippen molar-refractivity contribution in [3.8, 4) is 0 Å². The molecule has 4 rings (SSSR count). The van der Waals surface area contributed by atoms with Crippen LogP contribution in [-0.4, -0.2) is 11.7 Å². The van der Waals surface area contributed by atoms with Crippen LogP contribution in [0, 0.1) is 0 Å². The lowest BCUT2D eigenvalue weighted by Gasteiger charge is -2.31. The minimum absolute atomic E-state index is 0.130. The number of benzene rings is 4. The molecule has 1 unspecified atom stereocenters. The zero-order valence-corrected chi connectivity index (χ0v) is 16.4. The summed E-state index contributed by atoms with van der Waals surface area (Å²) in [6.45, 7) is 0. The number of para-hydroxylation sites is 1. The topological polar surface area (TPSA) is 37.4 Å². The molecule has 0 fully saturated rings.